The highest BCUT2D eigenvalue weighted by Gasteiger charge is 2.61. The van der Waals surface area contributed by atoms with Crippen LogP contribution in [0.1, 0.15) is 82.6 Å². The van der Waals surface area contributed by atoms with Gasteiger partial charge in [-0.2, -0.15) is 5.26 Å². The summed E-state index contributed by atoms with van der Waals surface area (Å²) in [5, 5.41) is 19.6. The quantitative estimate of drug-likeness (QED) is 0.255. The minimum absolute atomic E-state index is 0.102. The standard InChI is InChI=1S/C25H46N2O6Si2/c1-16(2)34(17(3)4)30-15-22-23(32-35(33-34,18(5)6)19(7)8)12-21(20(13-26)14-28)27(22)24(29)31-25(9,10)11/h14,16-19,21-23,28H,12,15H2,1-11H3/b20-14+/t21-,22-,23+/m1/s1. The Bertz CT molecular complexity index is 815. The molecular formula is C25H46N2O6Si2. The van der Waals surface area contributed by atoms with Gasteiger partial charge in [0.1, 0.15) is 11.7 Å². The highest BCUT2D eigenvalue weighted by Crippen LogP contribution is 2.48. The van der Waals surface area contributed by atoms with Crippen LogP contribution in [0.3, 0.4) is 0 Å². The number of aliphatic hydroxyl groups is 1. The van der Waals surface area contributed by atoms with Crippen LogP contribution in [-0.4, -0.2) is 63.6 Å². The number of nitriles is 1. The molecule has 35 heavy (non-hydrogen) atoms. The fourth-order valence-corrected chi connectivity index (χ4v) is 16.7. The van der Waals surface area contributed by atoms with Gasteiger partial charge in [-0.1, -0.05) is 55.4 Å². The van der Waals surface area contributed by atoms with E-state index in [2.05, 4.69) is 61.5 Å². The summed E-state index contributed by atoms with van der Waals surface area (Å²) in [6, 6.07) is 0.923. The summed E-state index contributed by atoms with van der Waals surface area (Å²) in [5.74, 6) is 0. The van der Waals surface area contributed by atoms with Gasteiger partial charge in [-0.25, -0.2) is 4.79 Å². The predicted molar refractivity (Wildman–Crippen MR) is 140 cm³/mol. The number of fused-ring (bicyclic) bond motifs is 1. The van der Waals surface area contributed by atoms with Crippen molar-refractivity contribution in [3.8, 4) is 6.07 Å². The first-order chi connectivity index (χ1) is 16.1. The summed E-state index contributed by atoms with van der Waals surface area (Å²) >= 11 is 0. The summed E-state index contributed by atoms with van der Waals surface area (Å²) < 4.78 is 26.9. The van der Waals surface area contributed by atoms with Crippen molar-refractivity contribution in [2.75, 3.05) is 6.61 Å². The molecule has 1 N–H and O–H groups in total. The summed E-state index contributed by atoms with van der Waals surface area (Å²) in [6.45, 7) is 22.8. The molecule has 1 amide bonds. The maximum Gasteiger partial charge on any atom is 0.411 e. The average Bonchev–Trinajstić information content (AvgIpc) is 3.04. The van der Waals surface area contributed by atoms with Crippen LogP contribution in [0.25, 0.3) is 0 Å². The molecule has 2 aliphatic rings. The van der Waals surface area contributed by atoms with Gasteiger partial charge in [0.25, 0.3) is 0 Å². The Morgan fingerprint density at radius 1 is 1.06 bits per heavy atom. The largest absolute Gasteiger partial charge is 0.514 e. The van der Waals surface area contributed by atoms with Crippen molar-refractivity contribution >= 4 is 23.2 Å². The second-order valence-corrected chi connectivity index (χ2v) is 20.9. The molecular weight excluding hydrogens is 480 g/mol. The lowest BCUT2D eigenvalue weighted by Gasteiger charge is -2.51. The van der Waals surface area contributed by atoms with E-state index in [-0.39, 0.29) is 34.3 Å². The fourth-order valence-electron chi connectivity index (χ4n) is 5.42. The second kappa shape index (κ2) is 10.9. The molecule has 0 aromatic heterocycles. The fraction of sp³-hybridized carbons (Fsp3) is 0.840. The van der Waals surface area contributed by atoms with Crippen molar-refractivity contribution in [1.82, 2.24) is 4.90 Å². The van der Waals surface area contributed by atoms with Gasteiger partial charge in [-0.3, -0.25) is 4.90 Å². The van der Waals surface area contributed by atoms with Crippen LogP contribution in [-0.2, 0) is 17.7 Å². The lowest BCUT2D eigenvalue weighted by Crippen LogP contribution is -2.66. The Hall–Kier alpha value is -1.39. The Kier molecular flexibility index (Phi) is 9.32. The van der Waals surface area contributed by atoms with Crippen LogP contribution in [0.5, 0.6) is 0 Å². The van der Waals surface area contributed by atoms with Crippen LogP contribution >= 0.6 is 0 Å². The number of hydrogen-bond acceptors (Lipinski definition) is 7. The molecule has 0 saturated carbocycles. The van der Waals surface area contributed by atoms with Gasteiger partial charge in [0.05, 0.1) is 36.6 Å². The topological polar surface area (TPSA) is 101 Å². The number of carbonyl (C=O) groups excluding carboxylic acids is 1. The maximum atomic E-state index is 13.5. The Balaban J connectivity index is 2.70. The van der Waals surface area contributed by atoms with Crippen molar-refractivity contribution < 1.29 is 27.6 Å². The van der Waals surface area contributed by atoms with E-state index in [1.165, 1.54) is 0 Å². The molecule has 0 unspecified atom stereocenters. The third-order valence-electron chi connectivity index (χ3n) is 7.16. The van der Waals surface area contributed by atoms with E-state index < -0.39 is 47.0 Å². The van der Waals surface area contributed by atoms with Gasteiger partial charge in [0.15, 0.2) is 0 Å². The molecule has 0 bridgehead atoms. The van der Waals surface area contributed by atoms with Gasteiger partial charge in [-0.05, 0) is 42.9 Å². The molecule has 0 aromatic rings. The van der Waals surface area contributed by atoms with Crippen molar-refractivity contribution in [2.45, 2.75) is 129 Å². The SMILES string of the molecule is CC(C)[Si]1(C(C)C)OC[C@@H]2[C@H](C[C@H](/C(C#N)=C/O)N2C(=O)OC(C)(C)C)O[Si](C(C)C)(C(C)C)O1. The van der Waals surface area contributed by atoms with E-state index in [0.29, 0.717) is 6.42 Å². The number of amides is 1. The van der Waals surface area contributed by atoms with Crippen LogP contribution < -0.4 is 0 Å². The third kappa shape index (κ3) is 5.80. The summed E-state index contributed by atoms with van der Waals surface area (Å²) in [5.41, 5.74) is 0.0197. The first-order valence-corrected chi connectivity index (χ1v) is 16.8. The number of hydrogen-bond donors (Lipinski definition) is 1. The number of carbonyl (C=O) groups is 1. The minimum Gasteiger partial charge on any atom is -0.514 e. The highest BCUT2D eigenvalue weighted by atomic mass is 28.5. The smallest absolute Gasteiger partial charge is 0.411 e. The molecule has 8 nitrogen and oxygen atoms in total. The summed E-state index contributed by atoms with van der Waals surface area (Å²) in [4.78, 5) is 15.0. The number of likely N-dealkylation sites (tertiary alicyclic amines) is 1. The number of nitrogens with zero attached hydrogens (tertiary/aromatic N) is 2. The molecule has 10 heteroatoms. The normalized spacial score (nSPS) is 27.1. The molecule has 0 aliphatic carbocycles. The zero-order valence-corrected chi connectivity index (χ0v) is 25.4. The first kappa shape index (κ1) is 29.8. The van der Waals surface area contributed by atoms with Gasteiger partial charge in [0.2, 0.25) is 0 Å². The molecule has 3 atom stereocenters. The zero-order valence-electron chi connectivity index (χ0n) is 23.4. The van der Waals surface area contributed by atoms with Crippen molar-refractivity contribution in [1.29, 1.82) is 5.26 Å². The lowest BCUT2D eigenvalue weighted by atomic mass is 10.1. The Morgan fingerprint density at radius 3 is 1.97 bits per heavy atom. The van der Waals surface area contributed by atoms with Crippen LogP contribution in [0.4, 0.5) is 4.79 Å². The predicted octanol–water partition coefficient (Wildman–Crippen LogP) is 6.29. The highest BCUT2D eigenvalue weighted by molar-refractivity contribution is 6.84. The molecule has 2 heterocycles. The molecule has 2 rings (SSSR count). The van der Waals surface area contributed by atoms with Crippen LogP contribution in [0.15, 0.2) is 11.8 Å². The maximum absolute atomic E-state index is 13.5. The van der Waals surface area contributed by atoms with Gasteiger partial charge >= 0.3 is 23.2 Å². The van der Waals surface area contributed by atoms with Gasteiger partial charge < -0.3 is 22.8 Å². The van der Waals surface area contributed by atoms with Gasteiger partial charge in [0, 0.05) is 6.42 Å². The average molecular weight is 527 g/mol. The minimum atomic E-state index is -2.87. The van der Waals surface area contributed by atoms with Crippen molar-refractivity contribution in [2.24, 2.45) is 0 Å². The zero-order chi connectivity index (χ0) is 26.9. The molecule has 200 valence electrons. The first-order valence-electron chi connectivity index (χ1n) is 12.8. The van der Waals surface area contributed by atoms with Gasteiger partial charge in [-0.15, -0.1) is 0 Å². The molecule has 2 saturated heterocycles. The molecule has 0 radical (unpaired) electrons. The van der Waals surface area contributed by atoms with Crippen molar-refractivity contribution in [3.63, 3.8) is 0 Å². The van der Waals surface area contributed by atoms with Crippen molar-refractivity contribution in [3.05, 3.63) is 11.8 Å². The molecule has 2 fully saturated rings. The summed E-state index contributed by atoms with van der Waals surface area (Å²) in [6.07, 6.45) is 0.206. The van der Waals surface area contributed by atoms with Crippen LogP contribution in [0.2, 0.25) is 22.2 Å². The Labute approximate surface area is 214 Å². The molecule has 0 spiro atoms. The number of rotatable bonds is 5. The van der Waals surface area contributed by atoms with E-state index in [0.717, 1.165) is 6.26 Å². The lowest BCUT2D eigenvalue weighted by molar-refractivity contribution is -0.00720. The van der Waals surface area contributed by atoms with E-state index >= 15 is 0 Å². The summed E-state index contributed by atoms with van der Waals surface area (Å²) in [7, 11) is -5.66. The van der Waals surface area contributed by atoms with E-state index in [9.17, 15) is 15.2 Å². The Morgan fingerprint density at radius 2 is 1.57 bits per heavy atom. The molecule has 2 aliphatic heterocycles. The van der Waals surface area contributed by atoms with E-state index in [1.54, 1.807) is 4.90 Å². The molecule has 0 aromatic carbocycles. The number of aliphatic hydroxyl groups excluding tert-OH is 1. The van der Waals surface area contributed by atoms with E-state index in [4.69, 9.17) is 17.7 Å². The monoisotopic (exact) mass is 526 g/mol. The van der Waals surface area contributed by atoms with E-state index in [1.807, 2.05) is 20.8 Å². The number of ether oxygens (including phenoxy) is 1. The second-order valence-electron chi connectivity index (χ2n) is 12.0. The van der Waals surface area contributed by atoms with Crippen LogP contribution in [0, 0.1) is 11.3 Å². The third-order valence-corrected chi connectivity index (χ3v) is 17.4.